The highest BCUT2D eigenvalue weighted by atomic mass is 19.1. The Morgan fingerprint density at radius 2 is 1.77 bits per heavy atom. The van der Waals surface area contributed by atoms with Gasteiger partial charge in [-0.25, -0.2) is 9.37 Å². The summed E-state index contributed by atoms with van der Waals surface area (Å²) >= 11 is 0. The molecule has 162 valence electrons. The zero-order valence-corrected chi connectivity index (χ0v) is 18.0. The predicted octanol–water partition coefficient (Wildman–Crippen LogP) is 4.16. The van der Waals surface area contributed by atoms with Gasteiger partial charge >= 0.3 is 0 Å². The van der Waals surface area contributed by atoms with Gasteiger partial charge in [0.25, 0.3) is 5.91 Å². The molecule has 2 amide bonds. The molecule has 0 N–H and O–H groups in total. The number of nitrogens with zero attached hydrogens (tertiary/aromatic N) is 3. The molecule has 0 aliphatic carbocycles. The second-order valence-electron chi connectivity index (χ2n) is 7.40. The number of aromatic nitrogens is 1. The topological polar surface area (TPSA) is 66.7 Å². The third-order valence-corrected chi connectivity index (χ3v) is 4.96. The van der Waals surface area contributed by atoms with E-state index in [0.717, 1.165) is 5.56 Å². The van der Waals surface area contributed by atoms with Crippen molar-refractivity contribution >= 4 is 11.8 Å². The number of rotatable bonds is 8. The van der Waals surface area contributed by atoms with E-state index in [0.29, 0.717) is 42.3 Å². The van der Waals surface area contributed by atoms with Gasteiger partial charge in [-0.3, -0.25) is 9.59 Å². The van der Waals surface area contributed by atoms with Crippen LogP contribution in [-0.4, -0.2) is 47.2 Å². The van der Waals surface area contributed by atoms with E-state index in [1.54, 1.807) is 49.3 Å². The summed E-state index contributed by atoms with van der Waals surface area (Å²) in [6.07, 6.45) is 2.05. The maximum Gasteiger partial charge on any atom is 0.253 e. The van der Waals surface area contributed by atoms with Gasteiger partial charge in [-0.1, -0.05) is 24.3 Å². The number of hydrogen-bond donors (Lipinski definition) is 0. The third-order valence-electron chi connectivity index (χ3n) is 4.96. The van der Waals surface area contributed by atoms with Crippen LogP contribution >= 0.6 is 0 Å². The first kappa shape index (κ1) is 22.2. The Balaban J connectivity index is 1.58. The van der Waals surface area contributed by atoms with Gasteiger partial charge in [-0.15, -0.1) is 0 Å². The zero-order valence-electron chi connectivity index (χ0n) is 18.0. The van der Waals surface area contributed by atoms with Gasteiger partial charge in [0.05, 0.1) is 11.8 Å². The van der Waals surface area contributed by atoms with Gasteiger partial charge in [-0.05, 0) is 36.8 Å². The summed E-state index contributed by atoms with van der Waals surface area (Å²) in [5, 5.41) is 0. The lowest BCUT2D eigenvalue weighted by molar-refractivity contribution is -0.131. The third kappa shape index (κ3) is 5.57. The second-order valence-corrected chi connectivity index (χ2v) is 7.40. The normalized spacial score (nSPS) is 10.7. The quantitative estimate of drug-likeness (QED) is 0.546. The minimum absolute atomic E-state index is 0.0263. The molecule has 0 spiro atoms. The molecule has 3 rings (SSSR count). The molecule has 0 aliphatic rings. The van der Waals surface area contributed by atoms with E-state index in [2.05, 4.69) is 4.98 Å². The summed E-state index contributed by atoms with van der Waals surface area (Å²) in [5.41, 5.74) is 1.90. The van der Waals surface area contributed by atoms with Gasteiger partial charge in [0.2, 0.25) is 5.91 Å². The number of hydrogen-bond acceptors (Lipinski definition) is 4. The lowest BCUT2D eigenvalue weighted by Crippen LogP contribution is -2.30. The number of amides is 2. The lowest BCUT2D eigenvalue weighted by atomic mass is 10.1. The van der Waals surface area contributed by atoms with Crippen molar-refractivity contribution in [3.8, 4) is 11.3 Å². The van der Waals surface area contributed by atoms with Gasteiger partial charge in [0.1, 0.15) is 5.82 Å². The van der Waals surface area contributed by atoms with Crippen LogP contribution in [-0.2, 0) is 17.8 Å². The van der Waals surface area contributed by atoms with E-state index in [-0.39, 0.29) is 24.1 Å². The van der Waals surface area contributed by atoms with E-state index in [9.17, 15) is 14.0 Å². The smallest absolute Gasteiger partial charge is 0.253 e. The summed E-state index contributed by atoms with van der Waals surface area (Å²) < 4.78 is 19.5. The fourth-order valence-electron chi connectivity index (χ4n) is 3.19. The van der Waals surface area contributed by atoms with Crippen molar-refractivity contribution in [1.29, 1.82) is 0 Å². The van der Waals surface area contributed by atoms with Crippen LogP contribution in [0.5, 0.6) is 0 Å². The molecule has 3 aromatic rings. The van der Waals surface area contributed by atoms with Crippen LogP contribution in [0.25, 0.3) is 11.3 Å². The molecule has 0 unspecified atom stereocenters. The van der Waals surface area contributed by atoms with Crippen LogP contribution in [0, 0.1) is 5.82 Å². The van der Waals surface area contributed by atoms with Crippen molar-refractivity contribution in [2.24, 2.45) is 0 Å². The van der Waals surface area contributed by atoms with E-state index in [1.807, 2.05) is 19.1 Å². The minimum Gasteiger partial charge on any atom is -0.441 e. The molecule has 0 aliphatic heterocycles. The van der Waals surface area contributed by atoms with Crippen molar-refractivity contribution in [3.05, 3.63) is 77.6 Å². The Morgan fingerprint density at radius 3 is 2.42 bits per heavy atom. The van der Waals surface area contributed by atoms with Gasteiger partial charge in [0, 0.05) is 45.6 Å². The number of carbonyl (C=O) groups is 2. The van der Waals surface area contributed by atoms with E-state index in [1.165, 1.54) is 17.2 Å². The minimum atomic E-state index is -0.378. The SMILES string of the molecule is CCN(Cc1ccc(C(=O)N(C)C)cc1)C(=O)CCc1ncc(-c2ccccc2F)o1. The highest BCUT2D eigenvalue weighted by Crippen LogP contribution is 2.23. The number of halogens is 1. The molecular formula is C24H26FN3O3. The first-order valence-corrected chi connectivity index (χ1v) is 10.2. The zero-order chi connectivity index (χ0) is 22.4. The lowest BCUT2D eigenvalue weighted by Gasteiger charge is -2.21. The maximum atomic E-state index is 13.9. The van der Waals surface area contributed by atoms with E-state index >= 15 is 0 Å². The largest absolute Gasteiger partial charge is 0.441 e. The van der Waals surface area contributed by atoms with Crippen molar-refractivity contribution in [2.45, 2.75) is 26.3 Å². The number of benzene rings is 2. The van der Waals surface area contributed by atoms with Crippen LogP contribution in [0.4, 0.5) is 4.39 Å². The average Bonchev–Trinajstić information content (AvgIpc) is 3.24. The summed E-state index contributed by atoms with van der Waals surface area (Å²) in [6, 6.07) is 13.6. The van der Waals surface area contributed by atoms with Gasteiger partial charge in [0.15, 0.2) is 11.7 Å². The van der Waals surface area contributed by atoms with Crippen molar-refractivity contribution < 1.29 is 18.4 Å². The van der Waals surface area contributed by atoms with Gasteiger partial charge in [-0.2, -0.15) is 0 Å². The Bertz CT molecular complexity index is 1040. The van der Waals surface area contributed by atoms with Crippen LogP contribution in [0.1, 0.15) is 35.2 Å². The summed E-state index contributed by atoms with van der Waals surface area (Å²) in [5.74, 6) is 0.281. The molecule has 6 nitrogen and oxygen atoms in total. The molecule has 1 aromatic heterocycles. The Kier molecular flexibility index (Phi) is 7.18. The highest BCUT2D eigenvalue weighted by Gasteiger charge is 2.16. The first-order valence-electron chi connectivity index (χ1n) is 10.2. The summed E-state index contributed by atoms with van der Waals surface area (Å²) in [6.45, 7) is 2.93. The Hall–Kier alpha value is -3.48. The van der Waals surface area contributed by atoms with Crippen LogP contribution in [0.2, 0.25) is 0 Å². The summed E-state index contributed by atoms with van der Waals surface area (Å²) in [4.78, 5) is 32.1. The molecule has 0 saturated carbocycles. The molecule has 31 heavy (non-hydrogen) atoms. The van der Waals surface area contributed by atoms with E-state index in [4.69, 9.17) is 4.42 Å². The van der Waals surface area contributed by atoms with Crippen molar-refractivity contribution in [3.63, 3.8) is 0 Å². The molecule has 2 aromatic carbocycles. The van der Waals surface area contributed by atoms with Crippen molar-refractivity contribution in [1.82, 2.24) is 14.8 Å². The molecule has 0 bridgehead atoms. The number of oxazole rings is 1. The Labute approximate surface area is 181 Å². The molecule has 0 radical (unpaired) electrons. The predicted molar refractivity (Wildman–Crippen MR) is 116 cm³/mol. The molecule has 0 atom stereocenters. The molecule has 1 heterocycles. The van der Waals surface area contributed by atoms with Crippen LogP contribution in [0.15, 0.2) is 59.1 Å². The number of aryl methyl sites for hydroxylation is 1. The highest BCUT2D eigenvalue weighted by molar-refractivity contribution is 5.93. The monoisotopic (exact) mass is 423 g/mol. The molecule has 0 saturated heterocycles. The average molecular weight is 423 g/mol. The van der Waals surface area contributed by atoms with Gasteiger partial charge < -0.3 is 14.2 Å². The standard InChI is InChI=1S/C24H26FN3O3/c1-4-28(16-17-9-11-18(12-10-17)24(30)27(2)3)23(29)14-13-22-26-15-21(31-22)19-7-5-6-8-20(19)25/h5-12,15H,4,13-14,16H2,1-3H3. The second kappa shape index (κ2) is 10.0. The fraction of sp³-hybridized carbons (Fsp3) is 0.292. The molecule has 0 fully saturated rings. The van der Waals surface area contributed by atoms with Crippen LogP contribution < -0.4 is 0 Å². The van der Waals surface area contributed by atoms with Crippen LogP contribution in [0.3, 0.4) is 0 Å². The molecule has 7 heteroatoms. The fourth-order valence-corrected chi connectivity index (χ4v) is 3.19. The summed E-state index contributed by atoms with van der Waals surface area (Å²) in [7, 11) is 3.42. The Morgan fingerprint density at radius 1 is 1.06 bits per heavy atom. The first-order chi connectivity index (χ1) is 14.9. The number of carbonyl (C=O) groups excluding carboxylic acids is 2. The van der Waals surface area contributed by atoms with E-state index < -0.39 is 0 Å². The maximum absolute atomic E-state index is 13.9. The van der Waals surface area contributed by atoms with Crippen molar-refractivity contribution in [2.75, 3.05) is 20.6 Å². The molecular weight excluding hydrogens is 397 g/mol.